The molecule has 0 fully saturated rings. The van der Waals surface area contributed by atoms with Gasteiger partial charge in [0.2, 0.25) is 5.91 Å². The number of carboxylic acids is 1. The standard InChI is InChI=1S/C14H18N2O6S/c1-9(14(19)20)15-13(18)10-4-6-11(7-5-10)23(21,22)8-12(17)16(2)3/h4-7,9H,8H2,1-3H3,(H,15,18)(H,19,20)/t9-/m1/s1. The molecule has 23 heavy (non-hydrogen) atoms. The van der Waals surface area contributed by atoms with Crippen LogP contribution in [0.1, 0.15) is 17.3 Å². The average Bonchev–Trinajstić information content (AvgIpc) is 2.46. The molecule has 0 heterocycles. The molecular formula is C14H18N2O6S. The summed E-state index contributed by atoms with van der Waals surface area (Å²) in [5, 5.41) is 11.0. The third kappa shape index (κ3) is 5.06. The highest BCUT2D eigenvalue weighted by molar-refractivity contribution is 7.92. The van der Waals surface area contributed by atoms with Crippen molar-refractivity contribution in [1.29, 1.82) is 0 Å². The lowest BCUT2D eigenvalue weighted by atomic mass is 10.2. The van der Waals surface area contributed by atoms with Crippen LogP contribution < -0.4 is 5.32 Å². The summed E-state index contributed by atoms with van der Waals surface area (Å²) in [7, 11) is -0.894. The molecule has 0 aromatic heterocycles. The molecule has 0 unspecified atom stereocenters. The first-order valence-corrected chi connectivity index (χ1v) is 8.26. The SMILES string of the molecule is C[C@@H](NC(=O)c1ccc(S(=O)(=O)CC(=O)N(C)C)cc1)C(=O)O. The van der Waals surface area contributed by atoms with Gasteiger partial charge in [0.05, 0.1) is 4.90 Å². The molecule has 0 saturated heterocycles. The Hall–Kier alpha value is -2.42. The van der Waals surface area contributed by atoms with Gasteiger partial charge in [-0.2, -0.15) is 0 Å². The minimum Gasteiger partial charge on any atom is -0.480 e. The van der Waals surface area contributed by atoms with Crippen molar-refractivity contribution in [3.8, 4) is 0 Å². The van der Waals surface area contributed by atoms with Crippen LogP contribution in [0.3, 0.4) is 0 Å². The summed E-state index contributed by atoms with van der Waals surface area (Å²) >= 11 is 0. The normalized spacial score (nSPS) is 12.3. The van der Waals surface area contributed by atoms with Gasteiger partial charge in [0, 0.05) is 19.7 Å². The molecule has 2 amide bonds. The Bertz CT molecular complexity index is 709. The minimum absolute atomic E-state index is 0.0875. The number of sulfone groups is 1. The van der Waals surface area contributed by atoms with Crippen molar-refractivity contribution in [2.24, 2.45) is 0 Å². The fourth-order valence-corrected chi connectivity index (χ4v) is 2.83. The van der Waals surface area contributed by atoms with Gasteiger partial charge in [0.25, 0.3) is 5.91 Å². The predicted octanol–water partition coefficient (Wildman–Crippen LogP) is -0.249. The van der Waals surface area contributed by atoms with E-state index in [1.807, 2.05) is 0 Å². The van der Waals surface area contributed by atoms with E-state index in [0.717, 1.165) is 0 Å². The highest BCUT2D eigenvalue weighted by atomic mass is 32.2. The van der Waals surface area contributed by atoms with Crippen LogP contribution in [0.5, 0.6) is 0 Å². The number of nitrogens with one attached hydrogen (secondary N) is 1. The van der Waals surface area contributed by atoms with Gasteiger partial charge in [0.1, 0.15) is 11.8 Å². The maximum Gasteiger partial charge on any atom is 0.325 e. The number of hydrogen-bond donors (Lipinski definition) is 2. The fraction of sp³-hybridized carbons (Fsp3) is 0.357. The number of carbonyl (C=O) groups excluding carboxylic acids is 2. The molecule has 0 aliphatic rings. The summed E-state index contributed by atoms with van der Waals surface area (Å²) in [6.45, 7) is 1.31. The smallest absolute Gasteiger partial charge is 0.325 e. The number of rotatable bonds is 6. The van der Waals surface area contributed by atoms with Crippen LogP contribution in [0.4, 0.5) is 0 Å². The molecule has 0 spiro atoms. The van der Waals surface area contributed by atoms with Crippen LogP contribution >= 0.6 is 0 Å². The summed E-state index contributed by atoms with van der Waals surface area (Å²) in [4.78, 5) is 35.1. The highest BCUT2D eigenvalue weighted by Gasteiger charge is 2.21. The molecule has 0 aliphatic heterocycles. The number of aliphatic carboxylic acids is 1. The van der Waals surface area contributed by atoms with Crippen molar-refractivity contribution in [1.82, 2.24) is 10.2 Å². The molecule has 2 N–H and O–H groups in total. The first-order chi connectivity index (χ1) is 10.5. The number of amides is 2. The van der Waals surface area contributed by atoms with E-state index in [9.17, 15) is 22.8 Å². The molecule has 8 nitrogen and oxygen atoms in total. The first kappa shape index (κ1) is 18.6. The monoisotopic (exact) mass is 342 g/mol. The van der Waals surface area contributed by atoms with Crippen LogP contribution in [-0.4, -0.2) is 62.1 Å². The minimum atomic E-state index is -3.80. The first-order valence-electron chi connectivity index (χ1n) is 6.61. The third-order valence-electron chi connectivity index (χ3n) is 3.01. The largest absolute Gasteiger partial charge is 0.480 e. The molecule has 0 aliphatic carbocycles. The van der Waals surface area contributed by atoms with Gasteiger partial charge in [-0.05, 0) is 31.2 Å². The molecule has 0 radical (unpaired) electrons. The quantitative estimate of drug-likeness (QED) is 0.735. The molecule has 0 bridgehead atoms. The van der Waals surface area contributed by atoms with E-state index >= 15 is 0 Å². The predicted molar refractivity (Wildman–Crippen MR) is 81.8 cm³/mol. The zero-order valence-corrected chi connectivity index (χ0v) is 13.8. The van der Waals surface area contributed by atoms with Gasteiger partial charge in [0.15, 0.2) is 9.84 Å². The highest BCUT2D eigenvalue weighted by Crippen LogP contribution is 2.13. The van der Waals surface area contributed by atoms with Crippen LogP contribution in [0.2, 0.25) is 0 Å². The number of benzene rings is 1. The number of carbonyl (C=O) groups is 3. The molecule has 1 aromatic carbocycles. The van der Waals surface area contributed by atoms with Crippen molar-refractivity contribution >= 4 is 27.6 Å². The van der Waals surface area contributed by atoms with Gasteiger partial charge >= 0.3 is 5.97 Å². The van der Waals surface area contributed by atoms with Crippen LogP contribution in [-0.2, 0) is 19.4 Å². The van der Waals surface area contributed by atoms with Gasteiger partial charge in [-0.25, -0.2) is 8.42 Å². The fourth-order valence-electron chi connectivity index (χ4n) is 1.53. The summed E-state index contributed by atoms with van der Waals surface area (Å²) in [5.74, 6) is -3.03. The lowest BCUT2D eigenvalue weighted by Gasteiger charge is -2.11. The van der Waals surface area contributed by atoms with Gasteiger partial charge in [-0.3, -0.25) is 14.4 Å². The average molecular weight is 342 g/mol. The Kier molecular flexibility index (Phi) is 5.85. The summed E-state index contributed by atoms with van der Waals surface area (Å²) < 4.78 is 24.1. The summed E-state index contributed by atoms with van der Waals surface area (Å²) in [6, 6.07) is 3.87. The van der Waals surface area contributed by atoms with E-state index in [4.69, 9.17) is 5.11 Å². The Labute approximate surface area is 134 Å². The van der Waals surface area contributed by atoms with E-state index in [2.05, 4.69) is 5.32 Å². The Balaban J connectivity index is 2.90. The van der Waals surface area contributed by atoms with Gasteiger partial charge < -0.3 is 15.3 Å². The van der Waals surface area contributed by atoms with E-state index in [0.29, 0.717) is 0 Å². The maximum absolute atomic E-state index is 12.1. The van der Waals surface area contributed by atoms with Gasteiger partial charge in [-0.1, -0.05) is 0 Å². The molecular weight excluding hydrogens is 324 g/mol. The lowest BCUT2D eigenvalue weighted by molar-refractivity contribution is -0.138. The van der Waals surface area contributed by atoms with E-state index < -0.39 is 39.4 Å². The van der Waals surface area contributed by atoms with Crippen molar-refractivity contribution in [3.63, 3.8) is 0 Å². The number of carboxylic acid groups (broad SMARTS) is 1. The Morgan fingerprint density at radius 2 is 1.70 bits per heavy atom. The van der Waals surface area contributed by atoms with Crippen molar-refractivity contribution < 1.29 is 27.9 Å². The zero-order chi connectivity index (χ0) is 17.8. The van der Waals surface area contributed by atoms with Crippen LogP contribution in [0.15, 0.2) is 29.2 Å². The lowest BCUT2D eigenvalue weighted by Crippen LogP contribution is -2.38. The van der Waals surface area contributed by atoms with Crippen molar-refractivity contribution in [2.45, 2.75) is 17.9 Å². The van der Waals surface area contributed by atoms with E-state index in [1.54, 1.807) is 0 Å². The molecule has 1 atom stereocenters. The second-order valence-electron chi connectivity index (χ2n) is 5.11. The van der Waals surface area contributed by atoms with Gasteiger partial charge in [-0.15, -0.1) is 0 Å². The van der Waals surface area contributed by atoms with E-state index in [1.165, 1.54) is 50.2 Å². The Morgan fingerprint density at radius 3 is 2.13 bits per heavy atom. The number of nitrogens with zero attached hydrogens (tertiary/aromatic N) is 1. The second kappa shape index (κ2) is 7.23. The molecule has 1 rings (SSSR count). The zero-order valence-electron chi connectivity index (χ0n) is 12.9. The molecule has 1 aromatic rings. The van der Waals surface area contributed by atoms with Crippen LogP contribution in [0, 0.1) is 0 Å². The van der Waals surface area contributed by atoms with Crippen LogP contribution in [0.25, 0.3) is 0 Å². The van der Waals surface area contributed by atoms with Crippen molar-refractivity contribution in [2.75, 3.05) is 19.8 Å². The second-order valence-corrected chi connectivity index (χ2v) is 7.09. The molecule has 9 heteroatoms. The topological polar surface area (TPSA) is 121 Å². The maximum atomic E-state index is 12.1. The molecule has 0 saturated carbocycles. The van der Waals surface area contributed by atoms with Crippen molar-refractivity contribution in [3.05, 3.63) is 29.8 Å². The Morgan fingerprint density at radius 1 is 1.17 bits per heavy atom. The summed E-state index contributed by atoms with van der Waals surface area (Å²) in [5.41, 5.74) is 0.121. The third-order valence-corrected chi connectivity index (χ3v) is 4.62. The van der Waals surface area contributed by atoms with E-state index in [-0.39, 0.29) is 10.5 Å². The molecule has 126 valence electrons. The summed E-state index contributed by atoms with van der Waals surface area (Å²) in [6.07, 6.45) is 0. The number of hydrogen-bond acceptors (Lipinski definition) is 5.